The lowest BCUT2D eigenvalue weighted by atomic mass is 10.1. The maximum Gasteiger partial charge on any atom is 0.328 e. The fraction of sp³-hybridized carbons (Fsp3) is 0.222. The molecule has 16 heavy (non-hydrogen) atoms. The Balaban J connectivity index is 2.65. The summed E-state index contributed by atoms with van der Waals surface area (Å²) in [5.41, 5.74) is 0.319. The summed E-state index contributed by atoms with van der Waals surface area (Å²) in [7, 11) is -2.53. The third kappa shape index (κ3) is 1.59. The van der Waals surface area contributed by atoms with Crippen LogP contribution in [0.25, 0.3) is 0 Å². The van der Waals surface area contributed by atoms with Gasteiger partial charge in [-0.25, -0.2) is 13.2 Å². The van der Waals surface area contributed by atoms with Crippen LogP contribution in [0.5, 0.6) is 0 Å². The number of ether oxygens (including phenoxy) is 1. The van der Waals surface area contributed by atoms with Gasteiger partial charge in [-0.2, -0.15) is 4.72 Å². The molecule has 1 aromatic carbocycles. The largest absolute Gasteiger partial charge is 0.468 e. The molecule has 7 heteroatoms. The lowest BCUT2D eigenvalue weighted by Crippen LogP contribution is -2.27. The third-order valence-corrected chi connectivity index (χ3v) is 4.25. The number of hydrogen-bond donors (Lipinski definition) is 1. The standard InChI is InChI=1S/C9H8ClNO4S/c1-15-9(12)7-5-3-2-4-6(10)8(5)16(13,14)11-7/h2-4,7,11H,1H3. The number of rotatable bonds is 1. The molecular formula is C9H8ClNO4S. The first-order chi connectivity index (χ1) is 7.47. The number of methoxy groups -OCH3 is 1. The van der Waals surface area contributed by atoms with E-state index >= 15 is 0 Å². The molecule has 2 rings (SSSR count). The molecule has 5 nitrogen and oxygen atoms in total. The summed E-state index contributed by atoms with van der Waals surface area (Å²) in [5, 5.41) is 0.0939. The van der Waals surface area contributed by atoms with Crippen molar-refractivity contribution in [2.75, 3.05) is 7.11 Å². The van der Waals surface area contributed by atoms with Crippen LogP contribution in [-0.4, -0.2) is 21.5 Å². The Morgan fingerprint density at radius 3 is 2.81 bits per heavy atom. The first-order valence-electron chi connectivity index (χ1n) is 4.36. The molecule has 1 aromatic rings. The molecule has 86 valence electrons. The van der Waals surface area contributed by atoms with Gasteiger partial charge in [0.05, 0.1) is 12.1 Å². The molecule has 1 unspecified atom stereocenters. The number of hydrogen-bond acceptors (Lipinski definition) is 4. The van der Waals surface area contributed by atoms with Crippen LogP contribution >= 0.6 is 11.6 Å². The third-order valence-electron chi connectivity index (χ3n) is 2.29. The first-order valence-corrected chi connectivity index (χ1v) is 6.22. The molecule has 1 atom stereocenters. The van der Waals surface area contributed by atoms with Gasteiger partial charge in [-0.3, -0.25) is 0 Å². The van der Waals surface area contributed by atoms with Crippen molar-refractivity contribution in [1.29, 1.82) is 0 Å². The highest BCUT2D eigenvalue weighted by Gasteiger charge is 2.40. The van der Waals surface area contributed by atoms with Crippen LogP contribution in [0.1, 0.15) is 11.6 Å². The van der Waals surface area contributed by atoms with E-state index in [4.69, 9.17) is 11.6 Å². The van der Waals surface area contributed by atoms with E-state index in [1.807, 2.05) is 0 Å². The van der Waals surface area contributed by atoms with Gasteiger partial charge in [0, 0.05) is 5.56 Å². The second-order valence-electron chi connectivity index (χ2n) is 3.24. The minimum Gasteiger partial charge on any atom is -0.468 e. The minimum absolute atomic E-state index is 0.0490. The van der Waals surface area contributed by atoms with Gasteiger partial charge in [0.25, 0.3) is 0 Å². The molecule has 0 bridgehead atoms. The quantitative estimate of drug-likeness (QED) is 0.761. The van der Waals surface area contributed by atoms with Gasteiger partial charge in [0.1, 0.15) is 10.9 Å². The fourth-order valence-electron chi connectivity index (χ4n) is 1.61. The zero-order valence-corrected chi connectivity index (χ0v) is 9.80. The van der Waals surface area contributed by atoms with E-state index < -0.39 is 22.0 Å². The topological polar surface area (TPSA) is 72.5 Å². The van der Waals surface area contributed by atoms with E-state index in [9.17, 15) is 13.2 Å². The van der Waals surface area contributed by atoms with Crippen molar-refractivity contribution < 1.29 is 17.9 Å². The molecule has 0 amide bonds. The van der Waals surface area contributed by atoms with Gasteiger partial charge in [-0.05, 0) is 6.07 Å². The van der Waals surface area contributed by atoms with Crippen molar-refractivity contribution in [2.45, 2.75) is 10.9 Å². The van der Waals surface area contributed by atoms with Crippen molar-refractivity contribution in [3.05, 3.63) is 28.8 Å². The van der Waals surface area contributed by atoms with E-state index in [2.05, 4.69) is 9.46 Å². The van der Waals surface area contributed by atoms with Crippen molar-refractivity contribution >= 4 is 27.6 Å². The lowest BCUT2D eigenvalue weighted by molar-refractivity contribution is -0.142. The normalized spacial score (nSPS) is 21.5. The molecule has 0 spiro atoms. The molecule has 0 fully saturated rings. The molecule has 0 aromatic heterocycles. The second kappa shape index (κ2) is 3.73. The molecule has 0 aliphatic carbocycles. The average Bonchev–Trinajstić information content (AvgIpc) is 2.51. The van der Waals surface area contributed by atoms with Gasteiger partial charge in [0.2, 0.25) is 10.0 Å². The van der Waals surface area contributed by atoms with Gasteiger partial charge in [0.15, 0.2) is 0 Å². The van der Waals surface area contributed by atoms with Crippen molar-refractivity contribution in [3.63, 3.8) is 0 Å². The number of benzene rings is 1. The zero-order chi connectivity index (χ0) is 11.9. The number of carbonyl (C=O) groups excluding carboxylic acids is 1. The van der Waals surface area contributed by atoms with Crippen LogP contribution in [0.15, 0.2) is 23.1 Å². The average molecular weight is 262 g/mol. The van der Waals surface area contributed by atoms with Crippen molar-refractivity contribution in [3.8, 4) is 0 Å². The number of halogens is 1. The summed E-state index contributed by atoms with van der Waals surface area (Å²) in [6.45, 7) is 0. The molecule has 0 saturated carbocycles. The molecule has 0 saturated heterocycles. The predicted molar refractivity (Wildman–Crippen MR) is 56.5 cm³/mol. The number of carbonyl (C=O) groups is 1. The molecule has 1 N–H and O–H groups in total. The van der Waals surface area contributed by atoms with E-state index in [-0.39, 0.29) is 9.92 Å². The van der Waals surface area contributed by atoms with E-state index in [1.54, 1.807) is 6.07 Å². The number of nitrogens with one attached hydrogen (secondary N) is 1. The molecule has 0 radical (unpaired) electrons. The molecule has 1 aliphatic rings. The fourth-order valence-corrected chi connectivity index (χ4v) is 3.57. The van der Waals surface area contributed by atoms with Crippen molar-refractivity contribution in [1.82, 2.24) is 4.72 Å². The summed E-state index contributed by atoms with van der Waals surface area (Å²) in [4.78, 5) is 11.3. The predicted octanol–water partition coefficient (Wildman–Crippen LogP) is 0.846. The van der Waals surface area contributed by atoms with Crippen LogP contribution in [0.4, 0.5) is 0 Å². The first kappa shape index (κ1) is 11.4. The molecular weight excluding hydrogens is 254 g/mol. The Kier molecular flexibility index (Phi) is 2.65. The maximum absolute atomic E-state index is 11.7. The summed E-state index contributed by atoms with van der Waals surface area (Å²) in [6, 6.07) is 3.56. The summed E-state index contributed by atoms with van der Waals surface area (Å²) < 4.78 is 30.1. The Hall–Kier alpha value is -1.11. The summed E-state index contributed by atoms with van der Waals surface area (Å²) in [5.74, 6) is -0.662. The number of esters is 1. The monoisotopic (exact) mass is 261 g/mol. The Morgan fingerprint density at radius 2 is 2.19 bits per heavy atom. The van der Waals surface area contributed by atoms with Gasteiger partial charge in [-0.1, -0.05) is 23.7 Å². The molecule has 1 heterocycles. The van der Waals surface area contributed by atoms with Crippen LogP contribution in [0.3, 0.4) is 0 Å². The van der Waals surface area contributed by atoms with Crippen molar-refractivity contribution in [2.24, 2.45) is 0 Å². The van der Waals surface area contributed by atoms with E-state index in [0.29, 0.717) is 5.56 Å². The number of fused-ring (bicyclic) bond motifs is 1. The summed E-state index contributed by atoms with van der Waals surface area (Å²) in [6.07, 6.45) is 0. The highest BCUT2D eigenvalue weighted by molar-refractivity contribution is 7.90. The number of sulfonamides is 1. The zero-order valence-electron chi connectivity index (χ0n) is 8.23. The van der Waals surface area contributed by atoms with Crippen LogP contribution < -0.4 is 4.72 Å². The minimum atomic E-state index is -3.72. The van der Waals surface area contributed by atoms with Crippen LogP contribution in [-0.2, 0) is 19.6 Å². The van der Waals surface area contributed by atoms with Crippen LogP contribution in [0, 0.1) is 0 Å². The van der Waals surface area contributed by atoms with E-state index in [0.717, 1.165) is 0 Å². The molecule has 1 aliphatic heterocycles. The Bertz CT molecular complexity index is 555. The van der Waals surface area contributed by atoms with Gasteiger partial charge in [-0.15, -0.1) is 0 Å². The summed E-state index contributed by atoms with van der Waals surface area (Å²) >= 11 is 5.80. The van der Waals surface area contributed by atoms with E-state index in [1.165, 1.54) is 19.2 Å². The Labute approximate surface area is 97.4 Å². The van der Waals surface area contributed by atoms with Gasteiger partial charge < -0.3 is 4.74 Å². The Morgan fingerprint density at radius 1 is 1.50 bits per heavy atom. The van der Waals surface area contributed by atoms with Crippen LogP contribution in [0.2, 0.25) is 5.02 Å². The SMILES string of the molecule is COC(=O)C1NS(=O)(=O)c2c(Cl)cccc21. The highest BCUT2D eigenvalue weighted by Crippen LogP contribution is 2.36. The highest BCUT2D eigenvalue weighted by atomic mass is 35.5. The maximum atomic E-state index is 11.7. The lowest BCUT2D eigenvalue weighted by Gasteiger charge is -2.06. The smallest absolute Gasteiger partial charge is 0.328 e. The second-order valence-corrected chi connectivity index (χ2v) is 5.29. The van der Waals surface area contributed by atoms with Gasteiger partial charge >= 0.3 is 5.97 Å².